The van der Waals surface area contributed by atoms with E-state index in [4.69, 9.17) is 10.2 Å². The summed E-state index contributed by atoms with van der Waals surface area (Å²) in [5.41, 5.74) is 0.227. The lowest BCUT2D eigenvalue weighted by atomic mass is 10.1. The summed E-state index contributed by atoms with van der Waals surface area (Å²) in [5.74, 6) is -1.72. The molecule has 0 aliphatic rings. The van der Waals surface area contributed by atoms with Crippen molar-refractivity contribution < 1.29 is 19.8 Å². The Morgan fingerprint density at radius 3 is 2.19 bits per heavy atom. The molecule has 4 heteroatoms. The van der Waals surface area contributed by atoms with Crippen LogP contribution in [0.4, 0.5) is 0 Å². The second-order valence-corrected chi connectivity index (χ2v) is 3.52. The van der Waals surface area contributed by atoms with Gasteiger partial charge in [-0.25, -0.2) is 4.79 Å². The van der Waals surface area contributed by atoms with E-state index in [9.17, 15) is 9.59 Å². The smallest absolute Gasteiger partial charge is 0.335 e. The van der Waals surface area contributed by atoms with E-state index in [-0.39, 0.29) is 12.0 Å². The van der Waals surface area contributed by atoms with Crippen LogP contribution in [0.5, 0.6) is 0 Å². The van der Waals surface area contributed by atoms with Crippen LogP contribution >= 0.6 is 0 Å². The molecule has 0 atom stereocenters. The molecule has 0 saturated heterocycles. The van der Waals surface area contributed by atoms with Crippen LogP contribution in [0, 0.1) is 0 Å². The van der Waals surface area contributed by atoms with Crippen molar-refractivity contribution in [1.82, 2.24) is 0 Å². The number of aliphatic carboxylic acids is 2. The van der Waals surface area contributed by atoms with E-state index >= 15 is 0 Å². The van der Waals surface area contributed by atoms with Gasteiger partial charge in [0.1, 0.15) is 0 Å². The van der Waals surface area contributed by atoms with Crippen molar-refractivity contribution in [3.8, 4) is 0 Å². The molecule has 0 heterocycles. The van der Waals surface area contributed by atoms with Gasteiger partial charge in [-0.2, -0.15) is 0 Å². The molecule has 0 aliphatic heterocycles. The van der Waals surface area contributed by atoms with Crippen LogP contribution in [0.15, 0.2) is 24.3 Å². The van der Waals surface area contributed by atoms with E-state index in [0.717, 1.165) is 19.3 Å². The van der Waals surface area contributed by atoms with Crippen LogP contribution in [-0.2, 0) is 9.59 Å². The maximum Gasteiger partial charge on any atom is 0.335 e. The van der Waals surface area contributed by atoms with Crippen molar-refractivity contribution in [2.24, 2.45) is 0 Å². The third-order valence-electron chi connectivity index (χ3n) is 2.18. The lowest BCUT2D eigenvalue weighted by Crippen LogP contribution is -1.97. The van der Waals surface area contributed by atoms with Crippen LogP contribution in [0.3, 0.4) is 0 Å². The Morgan fingerprint density at radius 1 is 1.06 bits per heavy atom. The Hall–Kier alpha value is -1.58. The lowest BCUT2D eigenvalue weighted by molar-refractivity contribution is -0.137. The highest BCUT2D eigenvalue weighted by atomic mass is 16.4. The second kappa shape index (κ2) is 8.71. The van der Waals surface area contributed by atoms with Gasteiger partial charge < -0.3 is 10.2 Å². The third-order valence-corrected chi connectivity index (χ3v) is 2.18. The van der Waals surface area contributed by atoms with Crippen molar-refractivity contribution in [2.75, 3.05) is 0 Å². The van der Waals surface area contributed by atoms with Gasteiger partial charge in [0, 0.05) is 6.42 Å². The summed E-state index contributed by atoms with van der Waals surface area (Å²) in [4.78, 5) is 20.8. The van der Waals surface area contributed by atoms with E-state index in [1.165, 1.54) is 6.08 Å². The second-order valence-electron chi connectivity index (χ2n) is 3.52. The lowest BCUT2D eigenvalue weighted by Gasteiger charge is -1.98. The van der Waals surface area contributed by atoms with Crippen molar-refractivity contribution in [1.29, 1.82) is 0 Å². The number of hydrogen-bond acceptors (Lipinski definition) is 2. The fraction of sp³-hybridized carbons (Fsp3) is 0.500. The molecular formula is C12H18O4. The zero-order valence-corrected chi connectivity index (χ0v) is 9.32. The molecule has 0 fully saturated rings. The molecule has 0 unspecified atom stereocenters. The highest BCUT2D eigenvalue weighted by molar-refractivity contribution is 5.89. The highest BCUT2D eigenvalue weighted by Gasteiger charge is 2.00. The average Bonchev–Trinajstić information content (AvgIpc) is 2.21. The summed E-state index contributed by atoms with van der Waals surface area (Å²) in [6, 6.07) is 0. The topological polar surface area (TPSA) is 74.6 Å². The molecule has 0 bridgehead atoms. The number of carbonyl (C=O) groups is 2. The Morgan fingerprint density at radius 2 is 1.69 bits per heavy atom. The van der Waals surface area contributed by atoms with Crippen LogP contribution < -0.4 is 0 Å². The quantitative estimate of drug-likeness (QED) is 0.360. The van der Waals surface area contributed by atoms with E-state index in [0.29, 0.717) is 12.8 Å². The van der Waals surface area contributed by atoms with E-state index in [1.807, 2.05) is 0 Å². The highest BCUT2D eigenvalue weighted by Crippen LogP contribution is 2.08. The molecule has 16 heavy (non-hydrogen) atoms. The van der Waals surface area contributed by atoms with Gasteiger partial charge in [0.25, 0.3) is 0 Å². The van der Waals surface area contributed by atoms with Crippen LogP contribution in [0.2, 0.25) is 0 Å². The van der Waals surface area contributed by atoms with Crippen molar-refractivity contribution in [2.45, 2.75) is 38.5 Å². The maximum atomic E-state index is 10.6. The Bertz CT molecular complexity index is 279. The minimum atomic E-state index is -0.958. The van der Waals surface area contributed by atoms with Crippen LogP contribution in [-0.4, -0.2) is 22.2 Å². The van der Waals surface area contributed by atoms with Crippen molar-refractivity contribution in [3.05, 3.63) is 24.3 Å². The molecule has 0 aromatic rings. The average molecular weight is 226 g/mol. The molecule has 2 N–H and O–H groups in total. The zero-order chi connectivity index (χ0) is 12.4. The fourth-order valence-corrected chi connectivity index (χ4v) is 1.29. The summed E-state index contributed by atoms with van der Waals surface area (Å²) in [5, 5.41) is 17.1. The minimum Gasteiger partial charge on any atom is -0.481 e. The largest absolute Gasteiger partial charge is 0.481 e. The van der Waals surface area contributed by atoms with Crippen molar-refractivity contribution >= 4 is 11.9 Å². The zero-order valence-electron chi connectivity index (χ0n) is 9.32. The van der Waals surface area contributed by atoms with E-state index < -0.39 is 11.9 Å². The summed E-state index contributed by atoms with van der Waals surface area (Å²) in [6.07, 6.45) is 7.24. The fourth-order valence-electron chi connectivity index (χ4n) is 1.29. The first-order chi connectivity index (χ1) is 7.57. The summed E-state index contributed by atoms with van der Waals surface area (Å²) < 4.78 is 0. The first-order valence-electron chi connectivity index (χ1n) is 5.35. The summed E-state index contributed by atoms with van der Waals surface area (Å²) in [6.45, 7) is 3.42. The number of allylic oxidation sites excluding steroid dienone is 1. The Kier molecular flexibility index (Phi) is 7.85. The maximum absolute atomic E-state index is 10.6. The molecular weight excluding hydrogens is 208 g/mol. The van der Waals surface area contributed by atoms with Gasteiger partial charge in [0.2, 0.25) is 0 Å². The first-order valence-corrected chi connectivity index (χ1v) is 5.35. The van der Waals surface area contributed by atoms with Gasteiger partial charge in [0.15, 0.2) is 0 Å². The van der Waals surface area contributed by atoms with Gasteiger partial charge in [0.05, 0.1) is 5.57 Å². The summed E-state index contributed by atoms with van der Waals surface area (Å²) in [7, 11) is 0. The molecule has 0 aliphatic carbocycles. The Balaban J connectivity index is 3.55. The minimum absolute atomic E-state index is 0.211. The molecule has 0 aromatic carbocycles. The third kappa shape index (κ3) is 7.79. The predicted octanol–water partition coefficient (Wildman–Crippen LogP) is 2.61. The van der Waals surface area contributed by atoms with Gasteiger partial charge in [-0.15, -0.1) is 0 Å². The predicted molar refractivity (Wildman–Crippen MR) is 61.3 cm³/mol. The molecule has 90 valence electrons. The monoisotopic (exact) mass is 226 g/mol. The molecule has 0 spiro atoms. The normalized spacial score (nSPS) is 11.1. The molecule has 0 radical (unpaired) electrons. The van der Waals surface area contributed by atoms with Gasteiger partial charge >= 0.3 is 11.9 Å². The van der Waals surface area contributed by atoms with Crippen LogP contribution in [0.25, 0.3) is 0 Å². The van der Waals surface area contributed by atoms with E-state index in [1.54, 1.807) is 6.08 Å². The van der Waals surface area contributed by atoms with Gasteiger partial charge in [-0.3, -0.25) is 4.79 Å². The number of unbranched alkanes of at least 4 members (excludes halogenated alkanes) is 4. The molecule has 0 rings (SSSR count). The van der Waals surface area contributed by atoms with Gasteiger partial charge in [-0.05, 0) is 19.3 Å². The Labute approximate surface area is 95.3 Å². The molecule has 4 nitrogen and oxygen atoms in total. The first kappa shape index (κ1) is 14.4. The molecule has 0 saturated carbocycles. The summed E-state index contributed by atoms with van der Waals surface area (Å²) >= 11 is 0. The van der Waals surface area contributed by atoms with Crippen LogP contribution in [0.1, 0.15) is 38.5 Å². The van der Waals surface area contributed by atoms with Gasteiger partial charge in [-0.1, -0.05) is 31.6 Å². The number of carboxylic acid groups (broad SMARTS) is 2. The SMILES string of the molecule is C=CC(=CCCCCCCC(=O)O)C(=O)O. The van der Waals surface area contributed by atoms with Crippen molar-refractivity contribution in [3.63, 3.8) is 0 Å². The number of rotatable bonds is 9. The van der Waals surface area contributed by atoms with E-state index in [2.05, 4.69) is 6.58 Å². The molecule has 0 amide bonds. The number of hydrogen-bond donors (Lipinski definition) is 2. The number of carboxylic acids is 2. The molecule has 0 aromatic heterocycles. The standard InChI is InChI=1S/C12H18O4/c1-2-10(12(15)16)8-6-4-3-5-7-9-11(13)14/h2,8H,1,3-7,9H2,(H,13,14)(H,15,16).